The largest absolute Gasteiger partial charge is 0.423 e. The first kappa shape index (κ1) is 15.0. The first-order valence-corrected chi connectivity index (χ1v) is 8.07. The van der Waals surface area contributed by atoms with Gasteiger partial charge in [0.05, 0.1) is 0 Å². The third-order valence-corrected chi connectivity index (χ3v) is 4.60. The smallest absolute Gasteiger partial charge is 0.336 e. The Labute approximate surface area is 135 Å². The summed E-state index contributed by atoms with van der Waals surface area (Å²) in [5.74, 6) is 0. The van der Waals surface area contributed by atoms with Gasteiger partial charge in [-0.25, -0.2) is 4.79 Å². The summed E-state index contributed by atoms with van der Waals surface area (Å²) in [5, 5.41) is 4.95. The number of thiocarbonyl (C=S) groups is 1. The molecule has 2 aromatic rings. The number of anilines is 1. The fourth-order valence-electron chi connectivity index (χ4n) is 3.00. The van der Waals surface area contributed by atoms with E-state index in [-0.39, 0.29) is 5.63 Å². The van der Waals surface area contributed by atoms with Gasteiger partial charge in [0.2, 0.25) is 0 Å². The molecule has 116 valence electrons. The Kier molecular flexibility index (Phi) is 4.16. The predicted molar refractivity (Wildman–Crippen MR) is 93.5 cm³/mol. The van der Waals surface area contributed by atoms with Crippen LogP contribution in [0.2, 0.25) is 0 Å². The molecule has 1 aliphatic rings. The van der Waals surface area contributed by atoms with Crippen LogP contribution in [-0.4, -0.2) is 22.6 Å². The highest BCUT2D eigenvalue weighted by atomic mass is 32.1. The van der Waals surface area contributed by atoms with Gasteiger partial charge in [-0.3, -0.25) is 0 Å². The fraction of sp³-hybridized carbons (Fsp3) is 0.412. The van der Waals surface area contributed by atoms with Gasteiger partial charge in [0.25, 0.3) is 0 Å². The minimum atomic E-state index is -0.325. The molecule has 1 fully saturated rings. The van der Waals surface area contributed by atoms with Gasteiger partial charge in [-0.05, 0) is 63.0 Å². The van der Waals surface area contributed by atoms with Crippen molar-refractivity contribution in [2.45, 2.75) is 39.2 Å². The predicted octanol–water partition coefficient (Wildman–Crippen LogP) is 3.67. The lowest BCUT2D eigenvalue weighted by molar-refractivity contribution is 0.262. The van der Waals surface area contributed by atoms with Crippen molar-refractivity contribution in [3.63, 3.8) is 0 Å². The number of aryl methyl sites for hydroxylation is 1. The molecule has 1 saturated heterocycles. The van der Waals surface area contributed by atoms with E-state index in [1.54, 1.807) is 0 Å². The summed E-state index contributed by atoms with van der Waals surface area (Å²) in [6, 6.07) is 7.74. The molecule has 0 unspecified atom stereocenters. The molecule has 1 atom stereocenters. The normalized spacial score (nSPS) is 18.5. The van der Waals surface area contributed by atoms with Gasteiger partial charge < -0.3 is 14.6 Å². The molecular formula is C17H20N2O2S. The summed E-state index contributed by atoms with van der Waals surface area (Å²) < 4.78 is 5.28. The summed E-state index contributed by atoms with van der Waals surface area (Å²) in [4.78, 5) is 13.7. The molecule has 0 spiro atoms. The summed E-state index contributed by atoms with van der Waals surface area (Å²) in [5.41, 5.74) is 2.04. The number of nitrogens with zero attached hydrogens (tertiary/aromatic N) is 1. The van der Waals surface area contributed by atoms with Crippen molar-refractivity contribution >= 4 is 34.0 Å². The van der Waals surface area contributed by atoms with Gasteiger partial charge in [0.15, 0.2) is 5.11 Å². The molecule has 0 radical (unpaired) electrons. The Hall–Kier alpha value is -1.88. The zero-order valence-electron chi connectivity index (χ0n) is 12.9. The van der Waals surface area contributed by atoms with Crippen LogP contribution >= 0.6 is 12.2 Å². The number of fused-ring (bicyclic) bond motifs is 1. The van der Waals surface area contributed by atoms with Gasteiger partial charge in [-0.2, -0.15) is 0 Å². The molecule has 2 heterocycles. The number of rotatable bonds is 1. The zero-order valence-corrected chi connectivity index (χ0v) is 13.7. The van der Waals surface area contributed by atoms with E-state index >= 15 is 0 Å². The number of piperidine rings is 1. The van der Waals surface area contributed by atoms with Gasteiger partial charge in [0, 0.05) is 35.8 Å². The van der Waals surface area contributed by atoms with Crippen molar-refractivity contribution in [2.75, 3.05) is 11.9 Å². The Bertz CT molecular complexity index is 769. The molecule has 0 amide bonds. The second-order valence-corrected chi connectivity index (χ2v) is 6.31. The van der Waals surface area contributed by atoms with Gasteiger partial charge in [0.1, 0.15) is 5.58 Å². The quantitative estimate of drug-likeness (QED) is 0.642. The van der Waals surface area contributed by atoms with Crippen LogP contribution in [0.15, 0.2) is 33.5 Å². The third-order valence-electron chi connectivity index (χ3n) is 4.27. The van der Waals surface area contributed by atoms with Crippen LogP contribution in [0, 0.1) is 6.92 Å². The zero-order chi connectivity index (χ0) is 15.7. The first-order chi connectivity index (χ1) is 10.5. The van der Waals surface area contributed by atoms with E-state index in [9.17, 15) is 4.79 Å². The number of benzene rings is 1. The summed E-state index contributed by atoms with van der Waals surface area (Å²) >= 11 is 5.53. The minimum absolute atomic E-state index is 0.325. The van der Waals surface area contributed by atoms with Crippen molar-refractivity contribution < 1.29 is 4.42 Å². The average molecular weight is 316 g/mol. The van der Waals surface area contributed by atoms with Crippen LogP contribution in [0.3, 0.4) is 0 Å². The molecule has 4 nitrogen and oxygen atoms in total. The highest BCUT2D eigenvalue weighted by Gasteiger charge is 2.20. The summed E-state index contributed by atoms with van der Waals surface area (Å²) in [6.45, 7) is 5.11. The van der Waals surface area contributed by atoms with Gasteiger partial charge in [-0.15, -0.1) is 0 Å². The molecule has 1 N–H and O–H groups in total. The van der Waals surface area contributed by atoms with Crippen LogP contribution < -0.4 is 10.9 Å². The van der Waals surface area contributed by atoms with Crippen molar-refractivity contribution in [1.82, 2.24) is 4.90 Å². The van der Waals surface area contributed by atoms with E-state index in [1.807, 2.05) is 25.1 Å². The maximum Gasteiger partial charge on any atom is 0.336 e. The van der Waals surface area contributed by atoms with Gasteiger partial charge >= 0.3 is 5.63 Å². The van der Waals surface area contributed by atoms with E-state index < -0.39 is 0 Å². The topological polar surface area (TPSA) is 45.5 Å². The Morgan fingerprint density at radius 2 is 2.18 bits per heavy atom. The monoisotopic (exact) mass is 316 g/mol. The summed E-state index contributed by atoms with van der Waals surface area (Å²) in [7, 11) is 0. The van der Waals surface area contributed by atoms with E-state index in [0.717, 1.165) is 28.3 Å². The van der Waals surface area contributed by atoms with E-state index in [1.165, 1.54) is 25.3 Å². The molecule has 0 aliphatic carbocycles. The van der Waals surface area contributed by atoms with Crippen LogP contribution in [0.1, 0.15) is 31.7 Å². The van der Waals surface area contributed by atoms with Gasteiger partial charge in [-0.1, -0.05) is 0 Å². The van der Waals surface area contributed by atoms with E-state index in [4.69, 9.17) is 16.6 Å². The highest BCUT2D eigenvalue weighted by Crippen LogP contribution is 2.22. The lowest BCUT2D eigenvalue weighted by Gasteiger charge is -2.35. The van der Waals surface area contributed by atoms with Crippen molar-refractivity contribution in [3.05, 3.63) is 40.2 Å². The molecule has 0 bridgehead atoms. The second kappa shape index (κ2) is 6.08. The minimum Gasteiger partial charge on any atom is -0.423 e. The molecular weight excluding hydrogens is 296 g/mol. The van der Waals surface area contributed by atoms with E-state index in [2.05, 4.69) is 17.1 Å². The fourth-order valence-corrected chi connectivity index (χ4v) is 3.39. The lowest BCUT2D eigenvalue weighted by Crippen LogP contribution is -2.44. The Morgan fingerprint density at radius 1 is 1.36 bits per heavy atom. The summed E-state index contributed by atoms with van der Waals surface area (Å²) in [6.07, 6.45) is 3.62. The standard InChI is InChI=1S/C17H20N2O2S/c1-11-9-16(20)21-15-10-13(6-7-14(11)15)18-17(22)19-8-4-3-5-12(19)2/h6-7,9-10,12H,3-5,8H2,1-2H3,(H,18,22)/t12-/m1/s1. The molecule has 1 aromatic carbocycles. The molecule has 0 saturated carbocycles. The highest BCUT2D eigenvalue weighted by molar-refractivity contribution is 7.80. The number of hydrogen-bond donors (Lipinski definition) is 1. The number of hydrogen-bond acceptors (Lipinski definition) is 3. The Balaban J connectivity index is 1.84. The lowest BCUT2D eigenvalue weighted by atomic mass is 10.0. The maximum atomic E-state index is 11.5. The average Bonchev–Trinajstić information content (AvgIpc) is 2.47. The van der Waals surface area contributed by atoms with Crippen LogP contribution in [0.25, 0.3) is 11.0 Å². The SMILES string of the molecule is Cc1cc(=O)oc2cc(NC(=S)N3CCCC[C@H]3C)ccc12. The third kappa shape index (κ3) is 2.99. The number of nitrogens with one attached hydrogen (secondary N) is 1. The van der Waals surface area contributed by atoms with Crippen LogP contribution in [-0.2, 0) is 0 Å². The molecule has 22 heavy (non-hydrogen) atoms. The van der Waals surface area contributed by atoms with E-state index in [0.29, 0.717) is 11.6 Å². The number of likely N-dealkylation sites (tertiary alicyclic amines) is 1. The Morgan fingerprint density at radius 3 is 2.95 bits per heavy atom. The van der Waals surface area contributed by atoms with Crippen molar-refractivity contribution in [2.24, 2.45) is 0 Å². The van der Waals surface area contributed by atoms with Crippen LogP contribution in [0.5, 0.6) is 0 Å². The van der Waals surface area contributed by atoms with Crippen molar-refractivity contribution in [3.8, 4) is 0 Å². The van der Waals surface area contributed by atoms with Crippen LogP contribution in [0.4, 0.5) is 5.69 Å². The molecule has 1 aromatic heterocycles. The van der Waals surface area contributed by atoms with Crippen molar-refractivity contribution in [1.29, 1.82) is 0 Å². The maximum absolute atomic E-state index is 11.5. The first-order valence-electron chi connectivity index (χ1n) is 7.67. The molecule has 1 aliphatic heterocycles. The molecule has 5 heteroatoms. The second-order valence-electron chi connectivity index (χ2n) is 5.93. The molecule has 3 rings (SSSR count).